The number of carboxylic acid groups (broad SMARTS) is 1. The lowest BCUT2D eigenvalue weighted by Gasteiger charge is -2.05. The van der Waals surface area contributed by atoms with Gasteiger partial charge in [-0.05, 0) is 12.1 Å². The quantitative estimate of drug-likeness (QED) is 0.746. The van der Waals surface area contributed by atoms with Gasteiger partial charge in [0.15, 0.2) is 6.61 Å². The second-order valence-corrected chi connectivity index (χ2v) is 4.52. The van der Waals surface area contributed by atoms with Crippen LogP contribution < -0.4 is 4.89 Å². The van der Waals surface area contributed by atoms with Crippen molar-refractivity contribution in [2.75, 3.05) is 6.61 Å². The van der Waals surface area contributed by atoms with Crippen LogP contribution in [0.4, 0.5) is 8.78 Å². The molecule has 0 unspecified atom stereocenters. The molecule has 0 atom stereocenters. The normalized spacial score (nSPS) is 11.4. The molecular weight excluding hydrogens is 260 g/mol. The first-order valence-corrected chi connectivity index (χ1v) is 5.61. The Morgan fingerprint density at radius 1 is 1.29 bits per heavy atom. The number of benzene rings is 1. The van der Waals surface area contributed by atoms with Crippen LogP contribution in [0.25, 0.3) is 0 Å². The molecule has 2 N–H and O–H groups in total. The monoisotopic (exact) mass is 267 g/mol. The molecule has 0 heterocycles. The van der Waals surface area contributed by atoms with Crippen LogP contribution in [0.2, 0.25) is 0 Å². The van der Waals surface area contributed by atoms with Gasteiger partial charge in [-0.25, -0.2) is 22.0 Å². The van der Waals surface area contributed by atoms with E-state index >= 15 is 0 Å². The second kappa shape index (κ2) is 5.17. The summed E-state index contributed by atoms with van der Waals surface area (Å²) in [5.41, 5.74) is 0. The number of halogens is 2. The summed E-state index contributed by atoms with van der Waals surface area (Å²) in [6.45, 7) is -0.920. The number of hydrogen-bond donors (Lipinski definition) is 2. The van der Waals surface area contributed by atoms with Crippen molar-refractivity contribution in [2.45, 2.75) is 4.90 Å². The molecule has 1 rings (SSSR count). The van der Waals surface area contributed by atoms with Crippen LogP contribution in [-0.4, -0.2) is 26.1 Å². The summed E-state index contributed by atoms with van der Waals surface area (Å²) < 4.78 is 48.2. The molecule has 0 saturated heterocycles. The number of carboxylic acids is 1. The molecule has 0 bridgehead atoms. The Morgan fingerprint density at radius 3 is 2.29 bits per heavy atom. The molecule has 0 aliphatic carbocycles. The first-order valence-electron chi connectivity index (χ1n) is 4.13. The van der Waals surface area contributed by atoms with Gasteiger partial charge in [0.25, 0.3) is 10.0 Å². The zero-order chi connectivity index (χ0) is 13.1. The van der Waals surface area contributed by atoms with E-state index in [0.29, 0.717) is 18.2 Å². The predicted molar refractivity (Wildman–Crippen MR) is 50.3 cm³/mol. The minimum absolute atomic E-state index is 0.497. The third kappa shape index (κ3) is 4.06. The summed E-state index contributed by atoms with van der Waals surface area (Å²) in [6.07, 6.45) is 0. The highest BCUT2D eigenvalue weighted by atomic mass is 32.2. The van der Waals surface area contributed by atoms with E-state index in [9.17, 15) is 22.0 Å². The van der Waals surface area contributed by atoms with Crippen LogP contribution in [0.1, 0.15) is 0 Å². The number of sulfonamides is 1. The highest BCUT2D eigenvalue weighted by molar-refractivity contribution is 7.89. The molecule has 0 aliphatic rings. The van der Waals surface area contributed by atoms with Crippen molar-refractivity contribution < 1.29 is 31.9 Å². The summed E-state index contributed by atoms with van der Waals surface area (Å²) in [7, 11) is -4.32. The molecule has 0 aromatic heterocycles. The van der Waals surface area contributed by atoms with Crippen molar-refractivity contribution in [3.63, 3.8) is 0 Å². The van der Waals surface area contributed by atoms with Gasteiger partial charge in [0.05, 0.1) is 4.90 Å². The van der Waals surface area contributed by atoms with Crippen molar-refractivity contribution in [2.24, 2.45) is 0 Å². The highest BCUT2D eigenvalue weighted by Gasteiger charge is 2.17. The third-order valence-electron chi connectivity index (χ3n) is 1.51. The van der Waals surface area contributed by atoms with Gasteiger partial charge in [-0.2, -0.15) is 0 Å². The van der Waals surface area contributed by atoms with Crippen molar-refractivity contribution in [3.8, 4) is 0 Å². The predicted octanol–water partition coefficient (Wildman–Crippen LogP) is 0.259. The van der Waals surface area contributed by atoms with E-state index in [2.05, 4.69) is 4.84 Å². The van der Waals surface area contributed by atoms with Gasteiger partial charge < -0.3 is 5.11 Å². The van der Waals surface area contributed by atoms with E-state index in [1.54, 1.807) is 0 Å². The summed E-state index contributed by atoms with van der Waals surface area (Å²) >= 11 is 0. The summed E-state index contributed by atoms with van der Waals surface area (Å²) in [5.74, 6) is -3.56. The van der Waals surface area contributed by atoms with E-state index in [1.165, 1.54) is 4.89 Å². The van der Waals surface area contributed by atoms with Crippen LogP contribution in [0.3, 0.4) is 0 Å². The first-order chi connectivity index (χ1) is 7.81. The Morgan fingerprint density at radius 2 is 1.82 bits per heavy atom. The lowest BCUT2D eigenvalue weighted by atomic mass is 10.3. The fourth-order valence-electron chi connectivity index (χ4n) is 0.901. The molecule has 6 nitrogen and oxygen atoms in total. The molecule has 1 aromatic carbocycles. The fraction of sp³-hybridized carbons (Fsp3) is 0.125. The van der Waals surface area contributed by atoms with Crippen LogP contribution in [-0.2, 0) is 19.7 Å². The van der Waals surface area contributed by atoms with Gasteiger partial charge in [-0.15, -0.1) is 0 Å². The number of rotatable bonds is 5. The molecular formula is C8H7F2NO5S. The molecule has 0 spiro atoms. The smallest absolute Gasteiger partial charge is 0.331 e. The summed E-state index contributed by atoms with van der Waals surface area (Å²) in [5, 5.41) is 8.19. The van der Waals surface area contributed by atoms with Crippen molar-refractivity contribution >= 4 is 16.0 Å². The van der Waals surface area contributed by atoms with Crippen molar-refractivity contribution in [1.82, 2.24) is 4.89 Å². The molecule has 1 aromatic rings. The third-order valence-corrected chi connectivity index (χ3v) is 2.70. The average Bonchev–Trinajstić information content (AvgIpc) is 2.14. The Bertz CT molecular complexity index is 510. The lowest BCUT2D eigenvalue weighted by molar-refractivity contribution is -0.143. The van der Waals surface area contributed by atoms with Gasteiger partial charge in [0, 0.05) is 6.07 Å². The molecule has 9 heteroatoms. The van der Waals surface area contributed by atoms with E-state index < -0.39 is 39.1 Å². The summed E-state index contributed by atoms with van der Waals surface area (Å²) in [6, 6.07) is 1.63. The number of aliphatic carboxylic acids is 1. The number of carbonyl (C=O) groups is 1. The standard InChI is InChI=1S/C8H7F2NO5S/c9-5-1-6(10)3-7(2-5)17(14,15)11-16-4-8(12)13/h1-3,11H,4H2,(H,12,13). The number of hydrogen-bond acceptors (Lipinski definition) is 4. The highest BCUT2D eigenvalue weighted by Crippen LogP contribution is 2.13. The molecule has 0 saturated carbocycles. The van der Waals surface area contributed by atoms with E-state index in [0.717, 1.165) is 0 Å². The van der Waals surface area contributed by atoms with Crippen LogP contribution in [0, 0.1) is 11.6 Å². The van der Waals surface area contributed by atoms with Crippen LogP contribution in [0.5, 0.6) is 0 Å². The minimum Gasteiger partial charge on any atom is -0.479 e. The molecule has 94 valence electrons. The van der Waals surface area contributed by atoms with Gasteiger partial charge in [0.2, 0.25) is 0 Å². The second-order valence-electron chi connectivity index (χ2n) is 2.87. The zero-order valence-electron chi connectivity index (χ0n) is 8.18. The SMILES string of the molecule is O=C(O)CONS(=O)(=O)c1cc(F)cc(F)c1. The average molecular weight is 267 g/mol. The van der Waals surface area contributed by atoms with Gasteiger partial charge in [-0.1, -0.05) is 4.89 Å². The van der Waals surface area contributed by atoms with Crippen molar-refractivity contribution in [1.29, 1.82) is 0 Å². The van der Waals surface area contributed by atoms with Gasteiger partial charge in [-0.3, -0.25) is 4.84 Å². The molecule has 0 fully saturated rings. The Hall–Kier alpha value is -1.58. The Kier molecular flexibility index (Phi) is 4.10. The zero-order valence-corrected chi connectivity index (χ0v) is 9.00. The van der Waals surface area contributed by atoms with Crippen molar-refractivity contribution in [3.05, 3.63) is 29.8 Å². The van der Waals surface area contributed by atoms with Gasteiger partial charge in [0.1, 0.15) is 11.6 Å². The maximum atomic E-state index is 12.7. The first kappa shape index (κ1) is 13.5. The van der Waals surface area contributed by atoms with E-state index in [1.807, 2.05) is 0 Å². The van der Waals surface area contributed by atoms with Gasteiger partial charge >= 0.3 is 5.97 Å². The molecule has 0 radical (unpaired) electrons. The molecule has 0 aliphatic heterocycles. The maximum Gasteiger partial charge on any atom is 0.331 e. The van der Waals surface area contributed by atoms with E-state index in [-0.39, 0.29) is 0 Å². The minimum atomic E-state index is -4.32. The van der Waals surface area contributed by atoms with E-state index in [4.69, 9.17) is 5.11 Å². The topological polar surface area (TPSA) is 92.7 Å². The number of nitrogens with one attached hydrogen (secondary N) is 1. The Labute approximate surface area is 94.8 Å². The van der Waals surface area contributed by atoms with Crippen LogP contribution >= 0.6 is 0 Å². The van der Waals surface area contributed by atoms with Crippen LogP contribution in [0.15, 0.2) is 23.1 Å². The Balaban J connectivity index is 2.86. The largest absolute Gasteiger partial charge is 0.479 e. The fourth-order valence-corrected chi connectivity index (χ4v) is 1.75. The lowest BCUT2D eigenvalue weighted by Crippen LogP contribution is -2.27. The summed E-state index contributed by atoms with van der Waals surface area (Å²) in [4.78, 5) is 14.9. The molecule has 17 heavy (non-hydrogen) atoms. The maximum absolute atomic E-state index is 12.7. The molecule has 0 amide bonds.